The second-order valence-corrected chi connectivity index (χ2v) is 13.6. The van der Waals surface area contributed by atoms with Crippen molar-refractivity contribution in [3.8, 4) is 0 Å². The zero-order chi connectivity index (χ0) is 25.8. The Hall–Kier alpha value is -2.27. The highest BCUT2D eigenvalue weighted by atomic mass is 32.2. The maximum atomic E-state index is 12.9. The summed E-state index contributed by atoms with van der Waals surface area (Å²) in [5, 5.41) is 3.03. The number of hydrogen-bond acceptors (Lipinski definition) is 6. The molecule has 2 aromatic rings. The third kappa shape index (κ3) is 6.16. The lowest BCUT2D eigenvalue weighted by atomic mass is 10.0. The van der Waals surface area contributed by atoms with E-state index in [2.05, 4.69) is 12.2 Å². The molecule has 0 amide bonds. The van der Waals surface area contributed by atoms with E-state index in [0.717, 1.165) is 38.5 Å². The molecule has 0 atom stereocenters. The van der Waals surface area contributed by atoms with E-state index in [1.165, 1.54) is 16.4 Å². The Morgan fingerprint density at radius 2 is 1.22 bits per heavy atom. The fourth-order valence-electron chi connectivity index (χ4n) is 4.65. The number of sulfonamides is 2. The van der Waals surface area contributed by atoms with E-state index in [4.69, 9.17) is 0 Å². The van der Waals surface area contributed by atoms with Gasteiger partial charge in [-0.2, -0.15) is 8.61 Å². The van der Waals surface area contributed by atoms with Gasteiger partial charge in [-0.3, -0.25) is 4.79 Å². The average molecular weight is 534 g/mol. The lowest BCUT2D eigenvalue weighted by molar-refractivity contribution is 0.101. The van der Waals surface area contributed by atoms with Crippen LogP contribution in [0.2, 0.25) is 0 Å². The molecular formula is C26H35N3O5S2. The fourth-order valence-corrected chi connectivity index (χ4v) is 7.63. The van der Waals surface area contributed by atoms with Crippen LogP contribution >= 0.6 is 0 Å². The number of benzene rings is 2. The predicted octanol–water partition coefficient (Wildman–Crippen LogP) is 3.97. The van der Waals surface area contributed by atoms with Gasteiger partial charge in [0.1, 0.15) is 0 Å². The van der Waals surface area contributed by atoms with Crippen molar-refractivity contribution in [1.29, 1.82) is 0 Å². The molecule has 0 aliphatic carbocycles. The standard InChI is InChI=1S/C26H35N3O5S2/c1-21-14-18-29(19-15-21)36(33,34)24-10-6-22(7-11-24)26(30)20-27-23-8-12-25(13-9-23)35(31,32)28-16-4-2-3-5-17-28/h6-13,21,27H,2-5,14-20H2,1H3. The average Bonchev–Trinajstić information content (AvgIpc) is 3.18. The summed E-state index contributed by atoms with van der Waals surface area (Å²) in [5.41, 5.74) is 1.05. The molecule has 0 aromatic heterocycles. The third-order valence-electron chi connectivity index (χ3n) is 7.07. The number of carbonyl (C=O) groups is 1. The quantitative estimate of drug-likeness (QED) is 0.515. The van der Waals surface area contributed by atoms with Gasteiger partial charge in [-0.1, -0.05) is 19.8 Å². The van der Waals surface area contributed by atoms with Gasteiger partial charge in [-0.05, 0) is 80.1 Å². The first-order chi connectivity index (χ1) is 17.2. The fraction of sp³-hybridized carbons (Fsp3) is 0.500. The van der Waals surface area contributed by atoms with Crippen LogP contribution in [0.4, 0.5) is 5.69 Å². The zero-order valence-corrected chi connectivity index (χ0v) is 22.4. The Balaban J connectivity index is 1.34. The van der Waals surface area contributed by atoms with Crippen molar-refractivity contribution in [2.45, 2.75) is 55.2 Å². The minimum atomic E-state index is -3.56. The van der Waals surface area contributed by atoms with Gasteiger partial charge in [-0.15, -0.1) is 0 Å². The molecule has 2 saturated heterocycles. The molecule has 36 heavy (non-hydrogen) atoms. The van der Waals surface area contributed by atoms with E-state index in [1.807, 2.05) is 0 Å². The van der Waals surface area contributed by atoms with Crippen molar-refractivity contribution in [3.63, 3.8) is 0 Å². The Kier molecular flexibility index (Phi) is 8.49. The summed E-state index contributed by atoms with van der Waals surface area (Å²) in [6, 6.07) is 12.5. The summed E-state index contributed by atoms with van der Waals surface area (Å²) < 4.78 is 54.7. The van der Waals surface area contributed by atoms with Crippen LogP contribution in [0.5, 0.6) is 0 Å². The van der Waals surface area contributed by atoms with Gasteiger partial charge in [0, 0.05) is 37.4 Å². The third-order valence-corrected chi connectivity index (χ3v) is 10.9. The van der Waals surface area contributed by atoms with Gasteiger partial charge >= 0.3 is 0 Å². The Morgan fingerprint density at radius 1 is 0.750 bits per heavy atom. The number of hydrogen-bond donors (Lipinski definition) is 1. The summed E-state index contributed by atoms with van der Waals surface area (Å²) in [6.07, 6.45) is 5.58. The molecule has 2 aromatic carbocycles. The lowest BCUT2D eigenvalue weighted by Gasteiger charge is -2.29. The number of anilines is 1. The van der Waals surface area contributed by atoms with Crippen LogP contribution in [0.25, 0.3) is 0 Å². The lowest BCUT2D eigenvalue weighted by Crippen LogP contribution is -2.37. The van der Waals surface area contributed by atoms with Crippen LogP contribution in [0, 0.1) is 5.92 Å². The predicted molar refractivity (Wildman–Crippen MR) is 140 cm³/mol. The van der Waals surface area contributed by atoms with E-state index in [9.17, 15) is 21.6 Å². The smallest absolute Gasteiger partial charge is 0.243 e. The van der Waals surface area contributed by atoms with Crippen molar-refractivity contribution in [3.05, 3.63) is 54.1 Å². The van der Waals surface area contributed by atoms with E-state index in [0.29, 0.717) is 43.3 Å². The van der Waals surface area contributed by atoms with Gasteiger partial charge in [0.15, 0.2) is 5.78 Å². The minimum Gasteiger partial charge on any atom is -0.378 e. The largest absolute Gasteiger partial charge is 0.378 e. The molecule has 0 bridgehead atoms. The van der Waals surface area contributed by atoms with E-state index in [1.54, 1.807) is 40.7 Å². The van der Waals surface area contributed by atoms with Gasteiger partial charge in [0.2, 0.25) is 20.0 Å². The van der Waals surface area contributed by atoms with Crippen LogP contribution in [0.3, 0.4) is 0 Å². The molecule has 2 fully saturated rings. The highest BCUT2D eigenvalue weighted by Crippen LogP contribution is 2.24. The van der Waals surface area contributed by atoms with Crippen LogP contribution in [0.15, 0.2) is 58.3 Å². The molecule has 4 rings (SSSR count). The molecule has 0 radical (unpaired) electrons. The maximum absolute atomic E-state index is 12.9. The van der Waals surface area contributed by atoms with Crippen LogP contribution in [-0.4, -0.2) is 64.0 Å². The maximum Gasteiger partial charge on any atom is 0.243 e. The number of nitrogens with one attached hydrogen (secondary N) is 1. The van der Waals surface area contributed by atoms with Crippen molar-refractivity contribution < 1.29 is 21.6 Å². The van der Waals surface area contributed by atoms with Crippen LogP contribution < -0.4 is 5.32 Å². The highest BCUT2D eigenvalue weighted by Gasteiger charge is 2.28. The number of piperidine rings is 1. The molecule has 0 saturated carbocycles. The Bertz CT molecular complexity index is 1240. The zero-order valence-electron chi connectivity index (χ0n) is 20.7. The molecule has 196 valence electrons. The monoisotopic (exact) mass is 533 g/mol. The molecule has 0 spiro atoms. The topological polar surface area (TPSA) is 104 Å². The molecule has 10 heteroatoms. The highest BCUT2D eigenvalue weighted by molar-refractivity contribution is 7.89. The molecule has 8 nitrogen and oxygen atoms in total. The van der Waals surface area contributed by atoms with Crippen LogP contribution in [0.1, 0.15) is 55.8 Å². The molecule has 2 heterocycles. The first-order valence-corrected chi connectivity index (χ1v) is 15.5. The van der Waals surface area contributed by atoms with Gasteiger partial charge in [0.25, 0.3) is 0 Å². The molecule has 0 unspecified atom stereocenters. The number of carbonyl (C=O) groups excluding carboxylic acids is 1. The van der Waals surface area contributed by atoms with Crippen molar-refractivity contribution in [1.82, 2.24) is 8.61 Å². The van der Waals surface area contributed by atoms with Crippen LogP contribution in [-0.2, 0) is 20.0 Å². The minimum absolute atomic E-state index is 0.00827. The summed E-state index contributed by atoms with van der Waals surface area (Å²) in [4.78, 5) is 13.1. The number of ketones is 1. The van der Waals surface area contributed by atoms with Gasteiger partial charge in [0.05, 0.1) is 16.3 Å². The SMILES string of the molecule is CC1CCN(S(=O)(=O)c2ccc(C(=O)CNc3ccc(S(=O)(=O)N4CCCCCC4)cc3)cc2)CC1. The number of Topliss-reactive ketones (excluding diaryl/α,β-unsaturated/α-hetero) is 1. The molecule has 2 aliphatic heterocycles. The first-order valence-electron chi connectivity index (χ1n) is 12.7. The second kappa shape index (κ2) is 11.4. The molecule has 2 aliphatic rings. The second-order valence-electron chi connectivity index (χ2n) is 9.73. The van der Waals surface area contributed by atoms with E-state index < -0.39 is 20.0 Å². The van der Waals surface area contributed by atoms with Crippen molar-refractivity contribution >= 4 is 31.5 Å². The van der Waals surface area contributed by atoms with Crippen molar-refractivity contribution in [2.24, 2.45) is 5.92 Å². The summed E-state index contributed by atoms with van der Waals surface area (Å²) in [7, 11) is -7.07. The van der Waals surface area contributed by atoms with Crippen molar-refractivity contribution in [2.75, 3.05) is 38.0 Å². The number of nitrogens with zero attached hydrogens (tertiary/aromatic N) is 2. The summed E-state index contributed by atoms with van der Waals surface area (Å²) in [6.45, 7) is 4.28. The Labute approximate surface area is 214 Å². The molecule has 1 N–H and O–H groups in total. The van der Waals surface area contributed by atoms with Gasteiger partial charge in [-0.25, -0.2) is 16.8 Å². The molecular weight excluding hydrogens is 498 g/mol. The normalized spacial score (nSPS) is 19.0. The van der Waals surface area contributed by atoms with E-state index in [-0.39, 0.29) is 22.1 Å². The van der Waals surface area contributed by atoms with E-state index >= 15 is 0 Å². The number of rotatable bonds is 8. The Morgan fingerprint density at radius 3 is 1.75 bits per heavy atom. The summed E-state index contributed by atoms with van der Waals surface area (Å²) >= 11 is 0. The van der Waals surface area contributed by atoms with Gasteiger partial charge < -0.3 is 5.32 Å². The first kappa shape index (κ1) is 26.8. The summed E-state index contributed by atoms with van der Waals surface area (Å²) in [5.74, 6) is 0.343.